The van der Waals surface area contributed by atoms with Crippen molar-refractivity contribution in [3.05, 3.63) is 53.6 Å². The summed E-state index contributed by atoms with van der Waals surface area (Å²) >= 11 is 0. The first-order chi connectivity index (χ1) is 8.18. The third-order valence-corrected chi connectivity index (χ3v) is 2.86. The van der Waals surface area contributed by atoms with Gasteiger partial charge in [-0.05, 0) is 26.0 Å². The summed E-state index contributed by atoms with van der Waals surface area (Å²) in [6.45, 7) is 3.97. The summed E-state index contributed by atoms with van der Waals surface area (Å²) in [4.78, 5) is 0. The Hall–Kier alpha value is -1.68. The van der Waals surface area contributed by atoms with Gasteiger partial charge in [-0.2, -0.15) is 5.10 Å². The van der Waals surface area contributed by atoms with E-state index >= 15 is 0 Å². The monoisotopic (exact) mass is 233 g/mol. The van der Waals surface area contributed by atoms with Gasteiger partial charge in [0.05, 0.1) is 5.69 Å². The fraction of sp³-hybridized carbons (Fsp3) is 0.308. The Morgan fingerprint density at radius 3 is 2.59 bits per heavy atom. The summed E-state index contributed by atoms with van der Waals surface area (Å²) in [5.41, 5.74) is 1.67. The average Bonchev–Trinajstić information content (AvgIpc) is 2.82. The lowest BCUT2D eigenvalue weighted by molar-refractivity contribution is 0.467. The summed E-state index contributed by atoms with van der Waals surface area (Å²) in [6.07, 6.45) is 1.71. The van der Waals surface area contributed by atoms with Gasteiger partial charge in [-0.1, -0.05) is 18.2 Å². The molecule has 4 heteroatoms. The topological polar surface area (TPSA) is 40.7 Å². The molecule has 90 valence electrons. The maximum absolute atomic E-state index is 13.6. The molecular weight excluding hydrogens is 217 g/mol. The molecule has 2 atom stereocenters. The Bertz CT molecular complexity index is 467. The summed E-state index contributed by atoms with van der Waals surface area (Å²) in [5, 5.41) is 10.1. The predicted octanol–water partition coefficient (Wildman–Crippen LogP) is 2.96. The van der Waals surface area contributed by atoms with Crippen LogP contribution in [0.15, 0.2) is 36.5 Å². The van der Waals surface area contributed by atoms with Crippen molar-refractivity contribution in [2.24, 2.45) is 0 Å². The lowest BCUT2D eigenvalue weighted by Crippen LogP contribution is -2.23. The van der Waals surface area contributed by atoms with Gasteiger partial charge >= 0.3 is 0 Å². The van der Waals surface area contributed by atoms with Crippen LogP contribution in [0.4, 0.5) is 4.39 Å². The molecule has 2 unspecified atom stereocenters. The van der Waals surface area contributed by atoms with Crippen LogP contribution in [-0.4, -0.2) is 10.2 Å². The molecule has 0 fully saturated rings. The minimum Gasteiger partial charge on any atom is -0.302 e. The number of halogens is 1. The van der Waals surface area contributed by atoms with Crippen molar-refractivity contribution >= 4 is 0 Å². The highest BCUT2D eigenvalue weighted by Crippen LogP contribution is 2.20. The Balaban J connectivity index is 2.07. The number of nitrogens with zero attached hydrogens (tertiary/aromatic N) is 1. The lowest BCUT2D eigenvalue weighted by Gasteiger charge is -2.19. The van der Waals surface area contributed by atoms with E-state index in [1.807, 2.05) is 26.0 Å². The summed E-state index contributed by atoms with van der Waals surface area (Å²) in [5.74, 6) is -0.177. The average molecular weight is 233 g/mol. The zero-order valence-corrected chi connectivity index (χ0v) is 9.94. The highest BCUT2D eigenvalue weighted by atomic mass is 19.1. The quantitative estimate of drug-likeness (QED) is 0.852. The van der Waals surface area contributed by atoms with E-state index in [-0.39, 0.29) is 17.9 Å². The third-order valence-electron chi connectivity index (χ3n) is 2.86. The van der Waals surface area contributed by atoms with E-state index in [1.54, 1.807) is 18.3 Å². The van der Waals surface area contributed by atoms with E-state index in [9.17, 15) is 4.39 Å². The molecule has 0 spiro atoms. The molecule has 0 aliphatic rings. The van der Waals surface area contributed by atoms with Gasteiger partial charge in [0.25, 0.3) is 0 Å². The Morgan fingerprint density at radius 2 is 1.94 bits per heavy atom. The molecule has 17 heavy (non-hydrogen) atoms. The van der Waals surface area contributed by atoms with Crippen molar-refractivity contribution in [2.45, 2.75) is 25.9 Å². The van der Waals surface area contributed by atoms with Crippen LogP contribution in [-0.2, 0) is 0 Å². The first kappa shape index (κ1) is 11.8. The van der Waals surface area contributed by atoms with Crippen molar-refractivity contribution in [1.29, 1.82) is 0 Å². The third kappa shape index (κ3) is 2.71. The van der Waals surface area contributed by atoms with E-state index < -0.39 is 0 Å². The molecule has 1 aromatic heterocycles. The Kier molecular flexibility index (Phi) is 3.54. The van der Waals surface area contributed by atoms with E-state index in [0.29, 0.717) is 5.56 Å². The molecule has 3 nitrogen and oxygen atoms in total. The summed E-state index contributed by atoms with van der Waals surface area (Å²) in [7, 11) is 0. The number of hydrogen-bond acceptors (Lipinski definition) is 2. The van der Waals surface area contributed by atoms with Crippen LogP contribution >= 0.6 is 0 Å². The molecule has 0 saturated heterocycles. The van der Waals surface area contributed by atoms with Gasteiger partial charge < -0.3 is 5.32 Å². The summed E-state index contributed by atoms with van der Waals surface area (Å²) < 4.78 is 13.6. The minimum atomic E-state index is -0.177. The van der Waals surface area contributed by atoms with Crippen LogP contribution in [0.3, 0.4) is 0 Å². The number of aromatic nitrogens is 2. The lowest BCUT2D eigenvalue weighted by atomic mass is 10.1. The zero-order chi connectivity index (χ0) is 12.3. The molecule has 0 aliphatic carbocycles. The molecule has 0 amide bonds. The first-order valence-electron chi connectivity index (χ1n) is 5.68. The minimum absolute atomic E-state index is 0.0468. The second kappa shape index (κ2) is 5.10. The van der Waals surface area contributed by atoms with Gasteiger partial charge in [0.1, 0.15) is 5.82 Å². The maximum Gasteiger partial charge on any atom is 0.127 e. The van der Waals surface area contributed by atoms with Crippen molar-refractivity contribution in [1.82, 2.24) is 15.5 Å². The van der Waals surface area contributed by atoms with E-state index in [0.717, 1.165) is 5.69 Å². The van der Waals surface area contributed by atoms with Crippen LogP contribution in [0.25, 0.3) is 0 Å². The Labute approximate surface area is 100 Å². The van der Waals surface area contributed by atoms with Gasteiger partial charge in [-0.25, -0.2) is 4.39 Å². The highest BCUT2D eigenvalue weighted by Gasteiger charge is 2.14. The smallest absolute Gasteiger partial charge is 0.127 e. The Morgan fingerprint density at radius 1 is 1.18 bits per heavy atom. The first-order valence-corrected chi connectivity index (χ1v) is 5.68. The molecule has 2 aromatic rings. The predicted molar refractivity (Wildman–Crippen MR) is 65.0 cm³/mol. The van der Waals surface area contributed by atoms with Crippen molar-refractivity contribution in [2.75, 3.05) is 0 Å². The van der Waals surface area contributed by atoms with Gasteiger partial charge in [-0.15, -0.1) is 0 Å². The highest BCUT2D eigenvalue weighted by molar-refractivity contribution is 5.21. The van der Waals surface area contributed by atoms with Crippen molar-refractivity contribution < 1.29 is 4.39 Å². The maximum atomic E-state index is 13.6. The van der Waals surface area contributed by atoms with Crippen LogP contribution < -0.4 is 5.32 Å². The standard InChI is InChI=1S/C13H16FN3/c1-9(11-5-3-4-6-12(11)14)16-10(2)13-7-8-15-17-13/h3-10,16H,1-2H3,(H,15,17). The summed E-state index contributed by atoms with van der Waals surface area (Å²) in [6, 6.07) is 8.79. The second-order valence-electron chi connectivity index (χ2n) is 4.14. The second-order valence-corrected chi connectivity index (χ2v) is 4.14. The number of hydrogen-bond donors (Lipinski definition) is 2. The fourth-order valence-corrected chi connectivity index (χ4v) is 1.89. The van der Waals surface area contributed by atoms with Gasteiger partial charge in [0, 0.05) is 23.8 Å². The molecule has 1 heterocycles. The molecule has 0 radical (unpaired) electrons. The number of nitrogens with one attached hydrogen (secondary N) is 2. The number of H-pyrrole nitrogens is 1. The van der Waals surface area contributed by atoms with Gasteiger partial charge in [0.15, 0.2) is 0 Å². The number of aromatic amines is 1. The molecule has 0 aliphatic heterocycles. The SMILES string of the molecule is CC(NC(C)c1ccccc1F)c1ccn[nH]1. The number of rotatable bonds is 4. The molecular formula is C13H16FN3. The number of benzene rings is 1. The van der Waals surface area contributed by atoms with Crippen molar-refractivity contribution in [3.63, 3.8) is 0 Å². The largest absolute Gasteiger partial charge is 0.302 e. The molecule has 2 rings (SSSR count). The van der Waals surface area contributed by atoms with Gasteiger partial charge in [-0.3, -0.25) is 5.10 Å². The van der Waals surface area contributed by atoms with Crippen LogP contribution in [0, 0.1) is 5.82 Å². The fourth-order valence-electron chi connectivity index (χ4n) is 1.89. The van der Waals surface area contributed by atoms with E-state index in [1.165, 1.54) is 6.07 Å². The molecule has 2 N–H and O–H groups in total. The van der Waals surface area contributed by atoms with E-state index in [4.69, 9.17) is 0 Å². The molecule has 0 saturated carbocycles. The van der Waals surface area contributed by atoms with Crippen LogP contribution in [0.1, 0.15) is 37.2 Å². The molecule has 1 aromatic carbocycles. The van der Waals surface area contributed by atoms with Crippen molar-refractivity contribution in [3.8, 4) is 0 Å². The molecule has 0 bridgehead atoms. The zero-order valence-electron chi connectivity index (χ0n) is 9.94. The normalized spacial score (nSPS) is 14.5. The van der Waals surface area contributed by atoms with Gasteiger partial charge in [0.2, 0.25) is 0 Å². The van der Waals surface area contributed by atoms with E-state index in [2.05, 4.69) is 15.5 Å². The van der Waals surface area contributed by atoms with Crippen LogP contribution in [0.5, 0.6) is 0 Å². The van der Waals surface area contributed by atoms with Crippen LogP contribution in [0.2, 0.25) is 0 Å².